The lowest BCUT2D eigenvalue weighted by Gasteiger charge is -2.13. The molecule has 38 heavy (non-hydrogen) atoms. The van der Waals surface area contributed by atoms with Crippen molar-refractivity contribution in [3.05, 3.63) is 29.2 Å². The molecule has 16 heteroatoms. The van der Waals surface area contributed by atoms with Crippen LogP contribution in [-0.4, -0.2) is 72.7 Å². The summed E-state index contributed by atoms with van der Waals surface area (Å²) in [6.07, 6.45) is -0.0681. The third-order valence-corrected chi connectivity index (χ3v) is 7.39. The number of anilines is 1. The molecule has 0 spiro atoms. The van der Waals surface area contributed by atoms with Gasteiger partial charge in [0.05, 0.1) is 24.1 Å². The fourth-order valence-electron chi connectivity index (χ4n) is 4.59. The summed E-state index contributed by atoms with van der Waals surface area (Å²) in [6, 6.07) is 3.10. The van der Waals surface area contributed by atoms with Crippen LogP contribution in [0.25, 0.3) is 0 Å². The molecule has 4 N–H and O–H groups in total. The number of phosphoric ester groups is 1. The van der Waals surface area contributed by atoms with Gasteiger partial charge in [-0.1, -0.05) is 0 Å². The summed E-state index contributed by atoms with van der Waals surface area (Å²) in [6.45, 7) is 1.69. The van der Waals surface area contributed by atoms with Gasteiger partial charge in [0.15, 0.2) is 19.2 Å². The Labute approximate surface area is 218 Å². The number of amides is 1. The van der Waals surface area contributed by atoms with E-state index in [4.69, 9.17) is 24.0 Å². The number of nitrogens with zero attached hydrogens (tertiary/aromatic N) is 4. The van der Waals surface area contributed by atoms with Crippen molar-refractivity contribution < 1.29 is 42.3 Å². The summed E-state index contributed by atoms with van der Waals surface area (Å²) in [4.78, 5) is 31.2. The molecule has 14 nitrogen and oxygen atoms in total. The first-order chi connectivity index (χ1) is 17.9. The van der Waals surface area contributed by atoms with Crippen LogP contribution in [-0.2, 0) is 43.7 Å². The van der Waals surface area contributed by atoms with Crippen molar-refractivity contribution >= 4 is 19.5 Å². The number of carbonyl (C=O) groups excluding carboxylic acids is 1. The van der Waals surface area contributed by atoms with E-state index >= 15 is 0 Å². The van der Waals surface area contributed by atoms with Gasteiger partial charge in [0.2, 0.25) is 0 Å². The minimum atomic E-state index is -4.82. The molecule has 2 aliphatic carbocycles. The zero-order valence-electron chi connectivity index (χ0n) is 21.2. The number of rotatable bonds is 12. The van der Waals surface area contributed by atoms with E-state index in [1.54, 1.807) is 19.2 Å². The number of halogens is 1. The second-order valence-corrected chi connectivity index (χ2v) is 11.5. The van der Waals surface area contributed by atoms with Gasteiger partial charge in [-0.2, -0.15) is 10.2 Å². The molecule has 2 aromatic heterocycles. The molecule has 3 heterocycles. The first-order valence-corrected chi connectivity index (χ1v) is 13.8. The molecule has 0 bridgehead atoms. The topological polar surface area (TPSA) is 175 Å². The van der Waals surface area contributed by atoms with Crippen molar-refractivity contribution in [2.75, 3.05) is 12.4 Å². The average molecular weight is 559 g/mol. The predicted octanol–water partition coefficient (Wildman–Crippen LogP) is 1.51. The van der Waals surface area contributed by atoms with Crippen LogP contribution in [0.3, 0.4) is 0 Å². The summed E-state index contributed by atoms with van der Waals surface area (Å²) >= 11 is 0. The molecule has 3 fully saturated rings. The van der Waals surface area contributed by atoms with E-state index in [0.29, 0.717) is 17.8 Å². The summed E-state index contributed by atoms with van der Waals surface area (Å²) in [5.74, 6) is -0.755. The molecule has 3 aliphatic rings. The third-order valence-electron chi connectivity index (χ3n) is 6.94. The Morgan fingerprint density at radius 2 is 2.08 bits per heavy atom. The fourth-order valence-corrected chi connectivity index (χ4v) is 4.85. The quantitative estimate of drug-likeness (QED) is 0.220. The van der Waals surface area contributed by atoms with Crippen LogP contribution in [0.4, 0.5) is 10.2 Å². The molecule has 0 radical (unpaired) electrons. The van der Waals surface area contributed by atoms with E-state index in [1.165, 1.54) is 11.8 Å². The summed E-state index contributed by atoms with van der Waals surface area (Å²) < 4.78 is 49.7. The van der Waals surface area contributed by atoms with Crippen LogP contribution >= 0.6 is 7.82 Å². The number of epoxide rings is 1. The van der Waals surface area contributed by atoms with E-state index in [1.807, 2.05) is 0 Å². The van der Waals surface area contributed by atoms with Gasteiger partial charge >= 0.3 is 7.82 Å². The summed E-state index contributed by atoms with van der Waals surface area (Å²) in [5, 5.41) is 14.6. The van der Waals surface area contributed by atoms with Gasteiger partial charge in [0.25, 0.3) is 5.91 Å². The van der Waals surface area contributed by atoms with Crippen molar-refractivity contribution in [2.45, 2.75) is 82.2 Å². The Morgan fingerprint density at radius 3 is 2.76 bits per heavy atom. The van der Waals surface area contributed by atoms with Crippen molar-refractivity contribution in [2.24, 2.45) is 7.05 Å². The predicted molar refractivity (Wildman–Crippen MR) is 128 cm³/mol. The number of alkyl halides is 1. The second kappa shape index (κ2) is 10.4. The maximum absolute atomic E-state index is 14.9. The number of aryl methyl sites for hydroxylation is 1. The molecule has 5 atom stereocenters. The van der Waals surface area contributed by atoms with Crippen LogP contribution < -0.4 is 10.6 Å². The van der Waals surface area contributed by atoms with Gasteiger partial charge in [-0.3, -0.25) is 19.3 Å². The van der Waals surface area contributed by atoms with Crippen LogP contribution in [0.15, 0.2) is 12.1 Å². The summed E-state index contributed by atoms with van der Waals surface area (Å²) in [5.41, 5.74) is 1.28. The first kappa shape index (κ1) is 27.3. The van der Waals surface area contributed by atoms with E-state index in [9.17, 15) is 13.8 Å². The van der Waals surface area contributed by atoms with Crippen molar-refractivity contribution in [1.82, 2.24) is 24.9 Å². The highest BCUT2D eigenvalue weighted by molar-refractivity contribution is 7.46. The molecule has 5 rings (SSSR count). The van der Waals surface area contributed by atoms with E-state index in [2.05, 4.69) is 32.3 Å². The number of phosphoric acid groups is 1. The highest BCUT2D eigenvalue weighted by atomic mass is 31.2. The number of methoxy groups -OCH3 is 1. The highest BCUT2D eigenvalue weighted by Crippen LogP contribution is 2.43. The molecule has 2 saturated carbocycles. The molecule has 2 unspecified atom stereocenters. The van der Waals surface area contributed by atoms with Gasteiger partial charge in [-0.15, -0.1) is 0 Å². The normalized spacial score (nSPS) is 28.0. The SMILES string of the molecule is COCc1cc(C(=O)Nc2cc([C@@H]3C[C@H](F)[C@H](OC4OC4NC4(C)CC4)C3)nn2COP(=O)(O)O)n(C)n1. The number of hydrogen-bond donors (Lipinski definition) is 4. The number of carbonyl (C=O) groups is 1. The highest BCUT2D eigenvalue weighted by Gasteiger charge is 2.51. The molecule has 2 aromatic rings. The van der Waals surface area contributed by atoms with Crippen molar-refractivity contribution in [3.63, 3.8) is 0 Å². The average Bonchev–Trinajstić information content (AvgIpc) is 3.56. The smallest absolute Gasteiger partial charge is 0.378 e. The number of hydrogen-bond acceptors (Lipinski definition) is 9. The Hall–Kier alpha value is -2.23. The van der Waals surface area contributed by atoms with Gasteiger partial charge in [-0.25, -0.2) is 13.6 Å². The van der Waals surface area contributed by atoms with Crippen molar-refractivity contribution in [3.8, 4) is 0 Å². The zero-order valence-corrected chi connectivity index (χ0v) is 22.1. The Kier molecular flexibility index (Phi) is 7.48. The molecular formula is C22H32FN6O8P. The molecule has 0 aromatic carbocycles. The minimum Gasteiger partial charge on any atom is -0.378 e. The molecule has 1 aliphatic heterocycles. The Morgan fingerprint density at radius 1 is 1.32 bits per heavy atom. The lowest BCUT2D eigenvalue weighted by Crippen LogP contribution is -2.33. The lowest BCUT2D eigenvalue weighted by atomic mass is 10.0. The molecule has 1 amide bonds. The number of aromatic nitrogens is 4. The van der Waals surface area contributed by atoms with Gasteiger partial charge in [0.1, 0.15) is 17.7 Å². The lowest BCUT2D eigenvalue weighted by molar-refractivity contribution is -0.0376. The van der Waals surface area contributed by atoms with Crippen molar-refractivity contribution in [1.29, 1.82) is 0 Å². The maximum Gasteiger partial charge on any atom is 0.471 e. The Bertz CT molecular complexity index is 1230. The van der Waals surface area contributed by atoms with E-state index in [-0.39, 0.29) is 42.2 Å². The Balaban J connectivity index is 1.27. The number of nitrogens with one attached hydrogen (secondary N) is 2. The van der Waals surface area contributed by atoms with E-state index in [0.717, 1.165) is 17.5 Å². The first-order valence-electron chi connectivity index (χ1n) is 12.3. The number of ether oxygens (including phenoxy) is 3. The molecular weight excluding hydrogens is 526 g/mol. The standard InChI is InChI=1S/C22H32FN6O8P/c1-22(4-5-22)25-20-21(37-20)36-17-7-12(6-14(17)23)15-9-18(29(27-15)11-35-38(31,32)33)24-19(30)16-8-13(10-34-3)26-28(16)2/h8-9,12,14,17,20-21,25H,4-7,10-11H2,1-3H3,(H,24,30)(H2,31,32,33)/t12-,14+,17-,20?,21?/m1/s1. The van der Waals surface area contributed by atoms with E-state index < -0.39 is 39.0 Å². The van der Waals surface area contributed by atoms with Crippen LogP contribution in [0, 0.1) is 0 Å². The largest absolute Gasteiger partial charge is 0.471 e. The third kappa shape index (κ3) is 6.49. The maximum atomic E-state index is 14.9. The molecule has 1 saturated heterocycles. The monoisotopic (exact) mass is 558 g/mol. The summed E-state index contributed by atoms with van der Waals surface area (Å²) in [7, 11) is -1.71. The second-order valence-electron chi connectivity index (χ2n) is 10.2. The van der Waals surface area contributed by atoms with Gasteiger partial charge < -0.3 is 29.3 Å². The zero-order chi connectivity index (χ0) is 27.2. The fraction of sp³-hybridized carbons (Fsp3) is 0.682. The molecule has 210 valence electrons. The van der Waals surface area contributed by atoms with Crippen LogP contribution in [0.1, 0.15) is 60.4 Å². The minimum absolute atomic E-state index is 0.0692. The van der Waals surface area contributed by atoms with Gasteiger partial charge in [0, 0.05) is 31.7 Å². The van der Waals surface area contributed by atoms with Crippen LogP contribution in [0.5, 0.6) is 0 Å². The van der Waals surface area contributed by atoms with Crippen LogP contribution in [0.2, 0.25) is 0 Å². The van der Waals surface area contributed by atoms with Gasteiger partial charge in [-0.05, 0) is 38.7 Å².